The maximum absolute atomic E-state index is 12.4. The van der Waals surface area contributed by atoms with Gasteiger partial charge in [-0.25, -0.2) is 8.78 Å². The molecule has 6 heteroatoms. The van der Waals surface area contributed by atoms with Crippen LogP contribution in [0.5, 0.6) is 5.75 Å². The second-order valence-electron chi connectivity index (χ2n) is 2.62. The Hall–Kier alpha value is -1.14. The summed E-state index contributed by atoms with van der Waals surface area (Å²) in [5, 5.41) is 17.1. The molecule has 14 heavy (non-hydrogen) atoms. The molecule has 0 aliphatic rings. The molecule has 0 spiro atoms. The maximum atomic E-state index is 12.4. The molecule has 76 valence electrons. The average Bonchev–Trinajstić information content (AvgIpc) is 2.17. The second kappa shape index (κ2) is 4.92. The van der Waals surface area contributed by atoms with Gasteiger partial charge in [0.2, 0.25) is 0 Å². The lowest BCUT2D eigenvalue weighted by molar-refractivity contribution is 0.282. The fourth-order valence-corrected chi connectivity index (χ4v) is 1.11. The summed E-state index contributed by atoms with van der Waals surface area (Å²) >= 11 is 0. The topological polar surface area (TPSA) is 49.7 Å². The smallest absolute Gasteiger partial charge is 0.511 e. The Bertz CT molecular complexity index is 284. The fraction of sp³-hybridized carbons (Fsp3) is 0.250. The summed E-state index contributed by atoms with van der Waals surface area (Å²) in [6, 6.07) is 4.24. The fourth-order valence-electron chi connectivity index (χ4n) is 1.11. The lowest BCUT2D eigenvalue weighted by Gasteiger charge is -2.11. The third kappa shape index (κ3) is 2.43. The lowest BCUT2D eigenvalue weighted by atomic mass is 10.1. The molecule has 1 aromatic carbocycles. The van der Waals surface area contributed by atoms with Gasteiger partial charge in [0, 0.05) is 11.1 Å². The quantitative estimate of drug-likeness (QED) is 0.715. The van der Waals surface area contributed by atoms with Gasteiger partial charge in [-0.05, 0) is 0 Å². The van der Waals surface area contributed by atoms with Crippen LogP contribution in [0.3, 0.4) is 0 Å². The Morgan fingerprint density at radius 3 is 2.00 bits per heavy atom. The van der Waals surface area contributed by atoms with Gasteiger partial charge in [0.15, 0.2) is 0 Å². The number of hydrogen-bond donors (Lipinski definition) is 2. The van der Waals surface area contributed by atoms with Gasteiger partial charge in [0.05, 0.1) is 0 Å². The summed E-state index contributed by atoms with van der Waals surface area (Å²) in [5.74, 6) is -0.146. The van der Waals surface area contributed by atoms with Crippen molar-refractivity contribution in [1.29, 1.82) is 0 Å². The van der Waals surface area contributed by atoms with Crippen molar-refractivity contribution < 1.29 is 23.5 Å². The van der Waals surface area contributed by atoms with E-state index in [4.69, 9.17) is 10.0 Å². The van der Waals surface area contributed by atoms with Crippen molar-refractivity contribution in [2.24, 2.45) is 0 Å². The third-order valence-electron chi connectivity index (χ3n) is 1.69. The number of para-hydroxylation sites is 1. The van der Waals surface area contributed by atoms with Crippen molar-refractivity contribution in [2.45, 2.75) is 13.3 Å². The van der Waals surface area contributed by atoms with Gasteiger partial charge in [-0.3, -0.25) is 0 Å². The van der Waals surface area contributed by atoms with E-state index in [9.17, 15) is 8.78 Å². The van der Waals surface area contributed by atoms with E-state index in [1.54, 1.807) is 0 Å². The van der Waals surface area contributed by atoms with Gasteiger partial charge < -0.3 is 14.7 Å². The van der Waals surface area contributed by atoms with Gasteiger partial charge in [-0.2, -0.15) is 0 Å². The summed E-state index contributed by atoms with van der Waals surface area (Å²) in [4.78, 5) is 0. The van der Waals surface area contributed by atoms with Crippen LogP contribution in [0.2, 0.25) is 0 Å². The highest BCUT2D eigenvalue weighted by Gasteiger charge is 2.17. The molecule has 0 saturated heterocycles. The lowest BCUT2D eigenvalue weighted by Crippen LogP contribution is -2.22. The summed E-state index contributed by atoms with van der Waals surface area (Å²) < 4.78 is 29.3. The highest BCUT2D eigenvalue weighted by molar-refractivity contribution is 6.33. The van der Waals surface area contributed by atoms with E-state index >= 15 is 0 Å². The van der Waals surface area contributed by atoms with E-state index in [-0.39, 0.29) is 16.9 Å². The minimum atomic E-state index is -2.08. The van der Waals surface area contributed by atoms with E-state index in [1.807, 2.05) is 0 Å². The third-order valence-corrected chi connectivity index (χ3v) is 1.69. The molecule has 1 rings (SSSR count). The standard InChI is InChI=1S/C8H9BF2O3/c10-4-6-2-1-3-7(5-11)8(6)14-9(12)13/h1-3,12-13H,4-5H2. The molecule has 0 aromatic heterocycles. The van der Waals surface area contributed by atoms with Crippen LogP contribution in [-0.2, 0) is 13.3 Å². The molecule has 0 atom stereocenters. The van der Waals surface area contributed by atoms with Crippen molar-refractivity contribution in [3.05, 3.63) is 29.3 Å². The Morgan fingerprint density at radius 1 is 1.14 bits per heavy atom. The maximum Gasteiger partial charge on any atom is 0.707 e. The molecule has 0 bridgehead atoms. The van der Waals surface area contributed by atoms with Crippen LogP contribution in [-0.4, -0.2) is 17.4 Å². The number of hydrogen-bond acceptors (Lipinski definition) is 3. The van der Waals surface area contributed by atoms with Gasteiger partial charge >= 0.3 is 7.32 Å². The summed E-state index contributed by atoms with van der Waals surface area (Å²) in [6.45, 7) is -1.70. The monoisotopic (exact) mass is 202 g/mol. The van der Waals surface area contributed by atoms with Crippen molar-refractivity contribution in [3.8, 4) is 5.75 Å². The zero-order valence-electron chi connectivity index (χ0n) is 7.28. The van der Waals surface area contributed by atoms with E-state index in [1.165, 1.54) is 18.2 Å². The minimum Gasteiger partial charge on any atom is -0.511 e. The highest BCUT2D eigenvalue weighted by Crippen LogP contribution is 2.25. The van der Waals surface area contributed by atoms with Crippen LogP contribution in [0.4, 0.5) is 8.78 Å². The zero-order valence-corrected chi connectivity index (χ0v) is 7.28. The van der Waals surface area contributed by atoms with Crippen LogP contribution in [0, 0.1) is 0 Å². The summed E-state index contributed by atoms with van der Waals surface area (Å²) in [6.07, 6.45) is 0. The Balaban J connectivity index is 3.05. The molecule has 0 unspecified atom stereocenters. The molecular weight excluding hydrogens is 193 g/mol. The van der Waals surface area contributed by atoms with Crippen LogP contribution >= 0.6 is 0 Å². The molecule has 3 nitrogen and oxygen atoms in total. The molecule has 0 radical (unpaired) electrons. The van der Waals surface area contributed by atoms with Gasteiger partial charge in [-0.1, -0.05) is 18.2 Å². The Labute approximate surface area is 80.1 Å². The van der Waals surface area contributed by atoms with Crippen molar-refractivity contribution in [3.63, 3.8) is 0 Å². The zero-order chi connectivity index (χ0) is 10.6. The molecule has 0 aliphatic carbocycles. The molecule has 0 aliphatic heterocycles. The largest absolute Gasteiger partial charge is 0.707 e. The molecule has 0 fully saturated rings. The first-order chi connectivity index (χ1) is 6.69. The predicted octanol–water partition coefficient (Wildman–Crippen LogP) is 0.974. The van der Waals surface area contributed by atoms with E-state index in [0.717, 1.165) is 0 Å². The Kier molecular flexibility index (Phi) is 3.85. The Morgan fingerprint density at radius 2 is 1.64 bits per heavy atom. The second-order valence-corrected chi connectivity index (χ2v) is 2.62. The number of benzene rings is 1. The minimum absolute atomic E-state index is 0.0910. The first kappa shape index (κ1) is 10.9. The number of halogens is 2. The van der Waals surface area contributed by atoms with Crippen LogP contribution < -0.4 is 4.65 Å². The summed E-state index contributed by atoms with van der Waals surface area (Å²) in [7, 11) is -2.08. The van der Waals surface area contributed by atoms with Gasteiger partial charge in [0.1, 0.15) is 19.1 Å². The molecular formula is C8H9BF2O3. The SMILES string of the molecule is OB(O)Oc1c(CF)cccc1CF. The molecule has 0 heterocycles. The first-order valence-corrected chi connectivity index (χ1v) is 3.94. The highest BCUT2D eigenvalue weighted by atomic mass is 19.1. The number of rotatable bonds is 4. The van der Waals surface area contributed by atoms with Crippen molar-refractivity contribution >= 4 is 7.32 Å². The molecule has 2 N–H and O–H groups in total. The molecule has 1 aromatic rings. The normalized spacial score (nSPS) is 10.0. The van der Waals surface area contributed by atoms with Gasteiger partial charge in [-0.15, -0.1) is 0 Å². The number of alkyl halides is 2. The van der Waals surface area contributed by atoms with Crippen molar-refractivity contribution in [2.75, 3.05) is 0 Å². The summed E-state index contributed by atoms with van der Waals surface area (Å²) in [5.41, 5.74) is 0.182. The average molecular weight is 202 g/mol. The van der Waals surface area contributed by atoms with Crippen LogP contribution in [0.25, 0.3) is 0 Å². The van der Waals surface area contributed by atoms with Crippen LogP contribution in [0.1, 0.15) is 11.1 Å². The van der Waals surface area contributed by atoms with E-state index < -0.39 is 20.7 Å². The molecule has 0 amide bonds. The van der Waals surface area contributed by atoms with E-state index in [2.05, 4.69) is 4.65 Å². The predicted molar refractivity (Wildman–Crippen MR) is 46.9 cm³/mol. The molecule has 0 saturated carbocycles. The van der Waals surface area contributed by atoms with Gasteiger partial charge in [0.25, 0.3) is 0 Å². The first-order valence-electron chi connectivity index (χ1n) is 3.94. The van der Waals surface area contributed by atoms with Crippen molar-refractivity contribution in [1.82, 2.24) is 0 Å². The van der Waals surface area contributed by atoms with E-state index in [0.29, 0.717) is 0 Å². The van der Waals surface area contributed by atoms with Crippen LogP contribution in [0.15, 0.2) is 18.2 Å².